The molecule has 1 amide bonds. The minimum atomic E-state index is -0.689. The number of ether oxygens (including phenoxy) is 1. The SMILES string of the molecule is COc1cnc(-n2cnc(C)n2)c2[nH]cc(C(=O)C(=O)N3C(C)Cc4c(-c5ccccc5)ncnc4N3C)c12. The van der Waals surface area contributed by atoms with Crippen molar-refractivity contribution >= 4 is 28.4 Å². The second-order valence-corrected chi connectivity index (χ2v) is 9.28. The Kier molecular flexibility index (Phi) is 5.78. The molecule has 12 nitrogen and oxygen atoms in total. The van der Waals surface area contributed by atoms with Gasteiger partial charge in [-0.2, -0.15) is 5.10 Å². The summed E-state index contributed by atoms with van der Waals surface area (Å²) in [5.74, 6) is 0.557. The second kappa shape index (κ2) is 9.31. The largest absolute Gasteiger partial charge is 0.494 e. The number of anilines is 1. The standard InChI is InChI=1S/C27H25N9O3/c1-15-10-18-22(17-8-6-5-7-9-17)30-13-31-25(18)34(3)36(15)27(38)24(37)19-11-28-23-21(19)20(39-4)12-29-26(23)35-14-32-16(2)33-35/h5-9,11-15,28H,10H2,1-4H3. The van der Waals surface area contributed by atoms with Crippen molar-refractivity contribution in [3.8, 4) is 22.8 Å². The van der Waals surface area contributed by atoms with Gasteiger partial charge in [-0.15, -0.1) is 0 Å². The lowest BCUT2D eigenvalue weighted by Crippen LogP contribution is -2.56. The van der Waals surface area contributed by atoms with Crippen LogP contribution in [-0.4, -0.2) is 71.6 Å². The number of fused-ring (bicyclic) bond motifs is 2. The number of carbonyl (C=O) groups excluding carboxylic acids is 2. The van der Waals surface area contributed by atoms with E-state index >= 15 is 0 Å². The lowest BCUT2D eigenvalue weighted by molar-refractivity contribution is -0.129. The molecular weight excluding hydrogens is 498 g/mol. The highest BCUT2D eigenvalue weighted by Crippen LogP contribution is 2.36. The van der Waals surface area contributed by atoms with Crippen molar-refractivity contribution in [2.75, 3.05) is 19.2 Å². The number of H-pyrrole nitrogens is 1. The Morgan fingerprint density at radius 2 is 1.87 bits per heavy atom. The molecule has 0 bridgehead atoms. The molecule has 0 fully saturated rings. The number of nitrogens with one attached hydrogen (secondary N) is 1. The van der Waals surface area contributed by atoms with Gasteiger partial charge < -0.3 is 9.72 Å². The Morgan fingerprint density at radius 3 is 2.59 bits per heavy atom. The Balaban J connectivity index is 1.38. The van der Waals surface area contributed by atoms with Crippen LogP contribution in [0.25, 0.3) is 28.0 Å². The van der Waals surface area contributed by atoms with Gasteiger partial charge in [0.15, 0.2) is 11.6 Å². The number of benzene rings is 1. The van der Waals surface area contributed by atoms with E-state index in [0.717, 1.165) is 16.8 Å². The zero-order valence-corrected chi connectivity index (χ0v) is 21.8. The molecule has 0 radical (unpaired) electrons. The molecule has 39 heavy (non-hydrogen) atoms. The van der Waals surface area contributed by atoms with Gasteiger partial charge in [0.1, 0.15) is 24.2 Å². The number of amides is 1. The number of nitrogens with zero attached hydrogens (tertiary/aromatic N) is 8. The van der Waals surface area contributed by atoms with Crippen molar-refractivity contribution in [1.82, 2.24) is 39.7 Å². The van der Waals surface area contributed by atoms with E-state index in [4.69, 9.17) is 4.74 Å². The van der Waals surface area contributed by atoms with Crippen molar-refractivity contribution in [2.24, 2.45) is 0 Å². The minimum Gasteiger partial charge on any atom is -0.494 e. The fourth-order valence-corrected chi connectivity index (χ4v) is 5.11. The maximum Gasteiger partial charge on any atom is 0.313 e. The van der Waals surface area contributed by atoms with Gasteiger partial charge in [0, 0.05) is 30.8 Å². The smallest absolute Gasteiger partial charge is 0.313 e. The normalized spacial score (nSPS) is 14.9. The Morgan fingerprint density at radius 1 is 1.08 bits per heavy atom. The van der Waals surface area contributed by atoms with Crippen molar-refractivity contribution in [2.45, 2.75) is 26.3 Å². The minimum absolute atomic E-state index is 0.173. The third-order valence-corrected chi connectivity index (χ3v) is 6.86. The number of methoxy groups -OCH3 is 1. The highest BCUT2D eigenvalue weighted by molar-refractivity contribution is 6.45. The van der Waals surface area contributed by atoms with Crippen LogP contribution in [0.15, 0.2) is 55.4 Å². The number of rotatable bonds is 5. The highest BCUT2D eigenvalue weighted by Gasteiger charge is 2.38. The summed E-state index contributed by atoms with van der Waals surface area (Å²) in [6.45, 7) is 3.67. The maximum atomic E-state index is 13.8. The summed E-state index contributed by atoms with van der Waals surface area (Å²) < 4.78 is 7.01. The number of carbonyl (C=O) groups is 2. The fraction of sp³-hybridized carbons (Fsp3) is 0.222. The lowest BCUT2D eigenvalue weighted by atomic mass is 9.98. The second-order valence-electron chi connectivity index (χ2n) is 9.28. The number of aromatic amines is 1. The Hall–Kier alpha value is -5.13. The van der Waals surface area contributed by atoms with Crippen LogP contribution in [-0.2, 0) is 11.2 Å². The Labute approximate surface area is 223 Å². The average molecular weight is 524 g/mol. The van der Waals surface area contributed by atoms with Gasteiger partial charge in [0.25, 0.3) is 5.78 Å². The molecule has 196 valence electrons. The first kappa shape index (κ1) is 24.2. The molecule has 4 aromatic heterocycles. The number of hydrogen-bond donors (Lipinski definition) is 1. The number of Topliss-reactive ketones (excluding diaryl/α,β-unsaturated/α-hetero) is 1. The monoisotopic (exact) mass is 523 g/mol. The fourth-order valence-electron chi connectivity index (χ4n) is 5.11. The van der Waals surface area contributed by atoms with E-state index < -0.39 is 11.7 Å². The van der Waals surface area contributed by atoms with E-state index in [2.05, 4.69) is 30.0 Å². The first-order valence-electron chi connectivity index (χ1n) is 12.3. The van der Waals surface area contributed by atoms with E-state index in [1.807, 2.05) is 37.3 Å². The number of hydrazine groups is 1. The third-order valence-electron chi connectivity index (χ3n) is 6.86. The number of pyridine rings is 1. The zero-order chi connectivity index (χ0) is 27.3. The molecule has 0 saturated heterocycles. The highest BCUT2D eigenvalue weighted by atomic mass is 16.5. The van der Waals surface area contributed by atoms with Crippen LogP contribution in [0, 0.1) is 6.92 Å². The molecule has 5 heterocycles. The molecule has 1 unspecified atom stereocenters. The topological polar surface area (TPSA) is 135 Å². The molecule has 1 aliphatic rings. The quantitative estimate of drug-likeness (QED) is 0.272. The molecule has 5 aromatic rings. The van der Waals surface area contributed by atoms with E-state index in [1.165, 1.54) is 41.8 Å². The summed E-state index contributed by atoms with van der Waals surface area (Å²) in [6.07, 6.45) is 6.49. The summed E-state index contributed by atoms with van der Waals surface area (Å²) in [5.41, 5.74) is 3.36. The molecule has 1 N–H and O–H groups in total. The predicted octanol–water partition coefficient (Wildman–Crippen LogP) is 2.92. The molecule has 0 spiro atoms. The van der Waals surface area contributed by atoms with E-state index in [-0.39, 0.29) is 11.6 Å². The summed E-state index contributed by atoms with van der Waals surface area (Å²) in [6, 6.07) is 9.51. The van der Waals surface area contributed by atoms with Gasteiger partial charge >= 0.3 is 5.91 Å². The lowest BCUT2D eigenvalue weighted by Gasteiger charge is -2.42. The van der Waals surface area contributed by atoms with Gasteiger partial charge in [-0.1, -0.05) is 30.3 Å². The van der Waals surface area contributed by atoms with Crippen LogP contribution in [0.3, 0.4) is 0 Å². The molecule has 6 rings (SSSR count). The molecule has 1 atom stereocenters. The summed E-state index contributed by atoms with van der Waals surface area (Å²) >= 11 is 0. The number of hydrogen-bond acceptors (Lipinski definition) is 9. The van der Waals surface area contributed by atoms with E-state index in [9.17, 15) is 9.59 Å². The third kappa shape index (κ3) is 3.88. The van der Waals surface area contributed by atoms with Crippen LogP contribution in [0.4, 0.5) is 5.82 Å². The van der Waals surface area contributed by atoms with Gasteiger partial charge in [-0.3, -0.25) is 14.6 Å². The van der Waals surface area contributed by atoms with Crippen LogP contribution in [0.2, 0.25) is 0 Å². The summed E-state index contributed by atoms with van der Waals surface area (Å²) in [5, 5.41) is 7.84. The summed E-state index contributed by atoms with van der Waals surface area (Å²) in [7, 11) is 3.21. The predicted molar refractivity (Wildman–Crippen MR) is 143 cm³/mol. The van der Waals surface area contributed by atoms with Gasteiger partial charge in [-0.05, 0) is 13.8 Å². The van der Waals surface area contributed by atoms with Crippen LogP contribution >= 0.6 is 0 Å². The number of aromatic nitrogens is 7. The van der Waals surface area contributed by atoms with Gasteiger partial charge in [0.2, 0.25) is 0 Å². The first-order chi connectivity index (χ1) is 18.9. The summed E-state index contributed by atoms with van der Waals surface area (Å²) in [4.78, 5) is 48.2. The van der Waals surface area contributed by atoms with E-state index in [1.54, 1.807) is 19.0 Å². The Bertz CT molecular complexity index is 1730. The van der Waals surface area contributed by atoms with Crippen molar-refractivity contribution < 1.29 is 14.3 Å². The molecule has 1 aromatic carbocycles. The van der Waals surface area contributed by atoms with E-state index in [0.29, 0.717) is 40.5 Å². The maximum absolute atomic E-state index is 13.8. The number of aryl methyl sites for hydroxylation is 1. The molecule has 1 aliphatic heterocycles. The van der Waals surface area contributed by atoms with Crippen molar-refractivity contribution in [1.29, 1.82) is 0 Å². The van der Waals surface area contributed by atoms with Crippen LogP contribution in [0.1, 0.15) is 28.7 Å². The zero-order valence-electron chi connectivity index (χ0n) is 21.8. The van der Waals surface area contributed by atoms with Gasteiger partial charge in [-0.25, -0.2) is 29.6 Å². The van der Waals surface area contributed by atoms with Gasteiger partial charge in [0.05, 0.1) is 41.5 Å². The first-order valence-corrected chi connectivity index (χ1v) is 12.3. The molecule has 12 heteroatoms. The molecule has 0 aliphatic carbocycles. The van der Waals surface area contributed by atoms with Crippen LogP contribution in [0.5, 0.6) is 5.75 Å². The van der Waals surface area contributed by atoms with Crippen molar-refractivity contribution in [3.63, 3.8) is 0 Å². The van der Waals surface area contributed by atoms with Crippen molar-refractivity contribution in [3.05, 3.63) is 72.3 Å². The van der Waals surface area contributed by atoms with Crippen LogP contribution < -0.4 is 9.75 Å². The average Bonchev–Trinajstić information content (AvgIpc) is 3.59. The number of ketones is 1. The molecular formula is C27H25N9O3. The molecule has 0 saturated carbocycles.